The molecule has 0 aliphatic carbocycles. The molecule has 1 N–H and O–H groups in total. The van der Waals surface area contributed by atoms with Gasteiger partial charge >= 0.3 is 0 Å². The Bertz CT molecular complexity index is 1170. The monoisotopic (exact) mass is 478 g/mol. The molecular formula is C21H26N4O5S2. The molecule has 0 saturated carbocycles. The molecule has 172 valence electrons. The fraction of sp³-hybridized carbons (Fsp3) is 0.476. The Morgan fingerprint density at radius 3 is 2.72 bits per heavy atom. The molecule has 3 aromatic rings. The highest BCUT2D eigenvalue weighted by Gasteiger charge is 2.34. The summed E-state index contributed by atoms with van der Waals surface area (Å²) in [5, 5.41) is 6.85. The van der Waals surface area contributed by atoms with E-state index in [-0.39, 0.29) is 22.6 Å². The average molecular weight is 479 g/mol. The van der Waals surface area contributed by atoms with E-state index in [2.05, 4.69) is 15.5 Å². The predicted molar refractivity (Wildman–Crippen MR) is 118 cm³/mol. The fourth-order valence-corrected chi connectivity index (χ4v) is 6.59. The van der Waals surface area contributed by atoms with Crippen molar-refractivity contribution in [2.24, 2.45) is 5.92 Å². The van der Waals surface area contributed by atoms with Crippen LogP contribution >= 0.6 is 11.3 Å². The summed E-state index contributed by atoms with van der Waals surface area (Å²) >= 11 is 1.33. The molecule has 32 heavy (non-hydrogen) atoms. The van der Waals surface area contributed by atoms with Gasteiger partial charge < -0.3 is 14.3 Å². The molecule has 0 spiro atoms. The van der Waals surface area contributed by atoms with E-state index < -0.39 is 10.0 Å². The summed E-state index contributed by atoms with van der Waals surface area (Å²) in [7, 11) is -3.68. The number of hydrogen-bond acceptors (Lipinski definition) is 8. The second-order valence-corrected chi connectivity index (χ2v) is 11.3. The molecule has 3 aromatic heterocycles. The number of aryl methyl sites for hydroxylation is 1. The van der Waals surface area contributed by atoms with Crippen molar-refractivity contribution in [3.8, 4) is 10.7 Å². The molecule has 0 atom stereocenters. The number of furan rings is 1. The Hall–Kier alpha value is -2.50. The second-order valence-electron chi connectivity index (χ2n) is 8.12. The van der Waals surface area contributed by atoms with Crippen LogP contribution in [-0.2, 0) is 21.4 Å². The zero-order chi connectivity index (χ0) is 22.9. The van der Waals surface area contributed by atoms with E-state index >= 15 is 0 Å². The highest BCUT2D eigenvalue weighted by Crippen LogP contribution is 2.35. The smallest absolute Gasteiger partial charge is 0.244 e. The third-order valence-electron chi connectivity index (χ3n) is 5.49. The Kier molecular flexibility index (Phi) is 6.50. The summed E-state index contributed by atoms with van der Waals surface area (Å²) in [4.78, 5) is 18.4. The Labute approximate surface area is 190 Å². The molecule has 1 aliphatic rings. The lowest BCUT2D eigenvalue weighted by Gasteiger charge is -2.30. The fourth-order valence-electron chi connectivity index (χ4n) is 3.63. The van der Waals surface area contributed by atoms with Gasteiger partial charge in [0.05, 0.1) is 22.6 Å². The summed E-state index contributed by atoms with van der Waals surface area (Å²) in [5.74, 6) is 1.40. The van der Waals surface area contributed by atoms with Crippen LogP contribution in [0.4, 0.5) is 0 Å². The summed E-state index contributed by atoms with van der Waals surface area (Å²) in [6, 6.07) is 5.18. The molecule has 0 radical (unpaired) electrons. The Morgan fingerprint density at radius 2 is 2.09 bits per heavy atom. The van der Waals surface area contributed by atoms with Gasteiger partial charge in [-0.25, -0.2) is 8.42 Å². The van der Waals surface area contributed by atoms with Crippen LogP contribution in [0.25, 0.3) is 10.7 Å². The van der Waals surface area contributed by atoms with Crippen molar-refractivity contribution in [1.29, 1.82) is 0 Å². The molecule has 0 aromatic carbocycles. The highest BCUT2D eigenvalue weighted by atomic mass is 32.2. The van der Waals surface area contributed by atoms with Crippen molar-refractivity contribution in [3.05, 3.63) is 41.0 Å². The first kappa shape index (κ1) is 22.7. The van der Waals surface area contributed by atoms with Gasteiger partial charge in [0.15, 0.2) is 0 Å². The van der Waals surface area contributed by atoms with Crippen molar-refractivity contribution < 1.29 is 22.2 Å². The van der Waals surface area contributed by atoms with E-state index in [4.69, 9.17) is 8.94 Å². The number of carbonyl (C=O) groups is 1. The summed E-state index contributed by atoms with van der Waals surface area (Å²) < 4.78 is 38.5. The Balaban J connectivity index is 1.41. The van der Waals surface area contributed by atoms with Gasteiger partial charge in [0.2, 0.25) is 27.6 Å². The maximum absolute atomic E-state index is 13.3. The summed E-state index contributed by atoms with van der Waals surface area (Å²) in [5.41, 5.74) is 0. The number of nitrogens with one attached hydrogen (secondary N) is 1. The molecule has 1 aliphatic heterocycles. The first-order valence-corrected chi connectivity index (χ1v) is 12.8. The quantitative estimate of drug-likeness (QED) is 0.552. The van der Waals surface area contributed by atoms with Crippen molar-refractivity contribution in [2.75, 3.05) is 13.1 Å². The molecule has 4 heterocycles. The van der Waals surface area contributed by atoms with Crippen molar-refractivity contribution >= 4 is 27.3 Å². The van der Waals surface area contributed by atoms with Gasteiger partial charge in [-0.3, -0.25) is 4.79 Å². The van der Waals surface area contributed by atoms with Crippen molar-refractivity contribution in [3.63, 3.8) is 0 Å². The largest absolute Gasteiger partial charge is 0.467 e. The molecule has 1 amide bonds. The van der Waals surface area contributed by atoms with E-state index in [0.717, 1.165) is 0 Å². The van der Waals surface area contributed by atoms with Crippen molar-refractivity contribution in [1.82, 2.24) is 19.8 Å². The number of thiophene rings is 1. The van der Waals surface area contributed by atoms with Gasteiger partial charge in [-0.2, -0.15) is 9.29 Å². The van der Waals surface area contributed by atoms with Gasteiger partial charge in [0, 0.05) is 29.8 Å². The van der Waals surface area contributed by atoms with Gasteiger partial charge in [-0.05, 0) is 38.0 Å². The minimum absolute atomic E-state index is 0.0782. The number of carbonyl (C=O) groups excluding carboxylic acids is 1. The molecule has 1 saturated heterocycles. The second kappa shape index (κ2) is 9.16. The number of sulfonamides is 1. The number of piperidine rings is 1. The number of aromatic nitrogens is 2. The van der Waals surface area contributed by atoms with Gasteiger partial charge in [0.25, 0.3) is 0 Å². The Morgan fingerprint density at radius 1 is 1.34 bits per heavy atom. The lowest BCUT2D eigenvalue weighted by atomic mass is 9.97. The molecule has 0 unspecified atom stereocenters. The zero-order valence-electron chi connectivity index (χ0n) is 18.2. The third kappa shape index (κ3) is 4.64. The van der Waals surface area contributed by atoms with Crippen LogP contribution in [0.3, 0.4) is 0 Å². The normalized spacial score (nSPS) is 16.0. The standard InChI is InChI=1S/C21H26N4O5S2/c1-13(2)21-23-19(24-30-21)17-11-18(14(3)31-17)32(27,28)25-8-6-15(7-9-25)20(26)22-12-16-5-4-10-29-16/h4-5,10-11,13,15H,6-9,12H2,1-3H3,(H,22,26). The third-order valence-corrected chi connectivity index (χ3v) is 8.69. The number of hydrogen-bond donors (Lipinski definition) is 1. The molecule has 1 fully saturated rings. The number of amides is 1. The minimum atomic E-state index is -3.68. The topological polar surface area (TPSA) is 119 Å². The van der Waals surface area contributed by atoms with Crippen LogP contribution in [0.15, 0.2) is 38.3 Å². The van der Waals surface area contributed by atoms with Crippen molar-refractivity contribution in [2.45, 2.75) is 51.0 Å². The van der Waals surface area contributed by atoms with Crippen LogP contribution in [0.2, 0.25) is 0 Å². The minimum Gasteiger partial charge on any atom is -0.467 e. The van der Waals surface area contributed by atoms with Crippen LogP contribution in [0, 0.1) is 12.8 Å². The maximum atomic E-state index is 13.3. The first-order chi connectivity index (χ1) is 15.3. The van der Waals surface area contributed by atoms with Gasteiger partial charge in [-0.1, -0.05) is 19.0 Å². The van der Waals surface area contributed by atoms with Crippen LogP contribution in [0.1, 0.15) is 49.1 Å². The zero-order valence-corrected chi connectivity index (χ0v) is 19.8. The van der Waals surface area contributed by atoms with E-state index in [0.29, 0.717) is 59.7 Å². The van der Waals surface area contributed by atoms with Gasteiger partial charge in [0.1, 0.15) is 5.76 Å². The highest BCUT2D eigenvalue weighted by molar-refractivity contribution is 7.89. The summed E-state index contributed by atoms with van der Waals surface area (Å²) in [6.45, 7) is 6.60. The van der Waals surface area contributed by atoms with E-state index in [1.807, 2.05) is 13.8 Å². The maximum Gasteiger partial charge on any atom is 0.244 e. The molecular weight excluding hydrogens is 452 g/mol. The molecule has 4 rings (SSSR count). The SMILES string of the molecule is Cc1sc(-c2noc(C(C)C)n2)cc1S(=O)(=O)N1CCC(C(=O)NCc2ccco2)CC1. The number of rotatable bonds is 7. The molecule has 9 nitrogen and oxygen atoms in total. The van der Waals surface area contributed by atoms with E-state index in [9.17, 15) is 13.2 Å². The van der Waals surface area contributed by atoms with E-state index in [1.54, 1.807) is 31.4 Å². The predicted octanol–water partition coefficient (Wildman–Crippen LogP) is 3.54. The molecule has 11 heteroatoms. The summed E-state index contributed by atoms with van der Waals surface area (Å²) in [6.07, 6.45) is 2.51. The average Bonchev–Trinajstić information content (AvgIpc) is 3.52. The van der Waals surface area contributed by atoms with E-state index in [1.165, 1.54) is 15.6 Å². The van der Waals surface area contributed by atoms with Crippen LogP contribution < -0.4 is 5.32 Å². The van der Waals surface area contributed by atoms with Crippen LogP contribution in [0.5, 0.6) is 0 Å². The first-order valence-electron chi connectivity index (χ1n) is 10.5. The lowest BCUT2D eigenvalue weighted by Crippen LogP contribution is -2.42. The van der Waals surface area contributed by atoms with Crippen LogP contribution in [-0.4, -0.2) is 41.9 Å². The molecule has 0 bridgehead atoms. The number of nitrogens with zero attached hydrogens (tertiary/aromatic N) is 3. The van der Waals surface area contributed by atoms with Gasteiger partial charge in [-0.15, -0.1) is 11.3 Å². The lowest BCUT2D eigenvalue weighted by molar-refractivity contribution is -0.126.